The van der Waals surface area contributed by atoms with Crippen molar-refractivity contribution in [2.75, 3.05) is 32.7 Å². The Bertz CT molecular complexity index is 1480. The third kappa shape index (κ3) is 7.93. The molecule has 1 unspecified atom stereocenters. The first-order chi connectivity index (χ1) is 21.5. The van der Waals surface area contributed by atoms with Crippen molar-refractivity contribution < 1.29 is 44.6 Å². The van der Waals surface area contributed by atoms with Gasteiger partial charge in [0.05, 0.1) is 10.8 Å². The molecule has 2 aromatic carbocycles. The number of carbonyl (C=O) groups excluding carboxylic acids is 1. The fourth-order valence-corrected chi connectivity index (χ4v) is 8.39. The Kier molecular flexibility index (Phi) is 9.91. The molecule has 0 N–H and O–H groups in total. The monoisotopic (exact) mass is 673 g/mol. The number of sulfonamides is 1. The Labute approximate surface area is 266 Å². The van der Waals surface area contributed by atoms with Gasteiger partial charge in [0.25, 0.3) is 0 Å². The van der Waals surface area contributed by atoms with Gasteiger partial charge in [-0.1, -0.05) is 18.6 Å². The maximum absolute atomic E-state index is 15.3. The number of alkyl halides is 3. The van der Waals surface area contributed by atoms with Gasteiger partial charge in [-0.25, -0.2) is 22.0 Å². The summed E-state index contributed by atoms with van der Waals surface area (Å²) >= 11 is 0. The first-order valence-electron chi connectivity index (χ1n) is 15.5. The van der Waals surface area contributed by atoms with Crippen LogP contribution in [-0.2, 0) is 27.5 Å². The summed E-state index contributed by atoms with van der Waals surface area (Å²) in [6.07, 6.45) is -3.20. The van der Waals surface area contributed by atoms with Gasteiger partial charge < -0.3 is 14.4 Å². The fraction of sp³-hybridized carbons (Fsp3) is 0.594. The summed E-state index contributed by atoms with van der Waals surface area (Å²) in [7, 11) is -3.84. The molecule has 1 amide bonds. The van der Waals surface area contributed by atoms with Gasteiger partial charge in [-0.2, -0.15) is 17.5 Å². The Morgan fingerprint density at radius 1 is 0.913 bits per heavy atom. The van der Waals surface area contributed by atoms with Gasteiger partial charge in [0.2, 0.25) is 10.0 Å². The summed E-state index contributed by atoms with van der Waals surface area (Å²) in [5.41, 5.74) is -0.504. The van der Waals surface area contributed by atoms with Crippen LogP contribution < -0.4 is 4.74 Å². The molecule has 3 aliphatic heterocycles. The summed E-state index contributed by atoms with van der Waals surface area (Å²) in [6, 6.07) is 6.38. The Balaban J connectivity index is 1.19. The highest BCUT2D eigenvalue weighted by atomic mass is 32.2. The van der Waals surface area contributed by atoms with Crippen LogP contribution >= 0.6 is 0 Å². The van der Waals surface area contributed by atoms with E-state index in [-0.39, 0.29) is 38.0 Å². The van der Waals surface area contributed by atoms with Crippen LogP contribution in [0.25, 0.3) is 0 Å². The molecule has 1 atom stereocenters. The zero-order valence-corrected chi connectivity index (χ0v) is 27.0. The highest BCUT2D eigenvalue weighted by Crippen LogP contribution is 2.39. The van der Waals surface area contributed by atoms with Crippen LogP contribution in [0.1, 0.15) is 75.6 Å². The summed E-state index contributed by atoms with van der Waals surface area (Å²) in [5.74, 6) is -2.39. The van der Waals surface area contributed by atoms with Crippen LogP contribution in [0.15, 0.2) is 36.4 Å². The molecule has 0 spiro atoms. The molecule has 0 aliphatic carbocycles. The van der Waals surface area contributed by atoms with E-state index in [2.05, 4.69) is 0 Å². The minimum absolute atomic E-state index is 0.217. The molecule has 0 radical (unpaired) electrons. The molecule has 14 heteroatoms. The number of hydrogen-bond donors (Lipinski definition) is 0. The summed E-state index contributed by atoms with van der Waals surface area (Å²) in [5, 5.41) is -0.728. The van der Waals surface area contributed by atoms with Gasteiger partial charge in [0.15, 0.2) is 17.4 Å². The Morgan fingerprint density at radius 3 is 2.09 bits per heavy atom. The first kappa shape index (κ1) is 34.4. The summed E-state index contributed by atoms with van der Waals surface area (Å²) < 4.78 is 109. The largest absolute Gasteiger partial charge is 0.482 e. The van der Waals surface area contributed by atoms with E-state index in [1.165, 1.54) is 21.3 Å². The number of hydrogen-bond acceptors (Lipinski definition) is 6. The number of ether oxygens (including phenoxy) is 2. The Morgan fingerprint density at radius 2 is 1.52 bits per heavy atom. The average molecular weight is 674 g/mol. The van der Waals surface area contributed by atoms with Crippen molar-refractivity contribution in [3.05, 3.63) is 64.7 Å². The van der Waals surface area contributed by atoms with E-state index in [0.29, 0.717) is 44.5 Å². The number of halogens is 5. The van der Waals surface area contributed by atoms with E-state index in [1.807, 2.05) is 4.90 Å². The van der Waals surface area contributed by atoms with Crippen LogP contribution in [0.2, 0.25) is 0 Å². The van der Waals surface area contributed by atoms with Crippen LogP contribution in [0, 0.1) is 11.6 Å². The quantitative estimate of drug-likeness (QED) is 0.312. The Hall–Kier alpha value is -2.97. The van der Waals surface area contributed by atoms with Crippen LogP contribution in [-0.4, -0.2) is 78.3 Å². The van der Waals surface area contributed by atoms with E-state index in [0.717, 1.165) is 24.3 Å². The third-order valence-electron chi connectivity index (χ3n) is 8.60. The minimum Gasteiger partial charge on any atom is -0.482 e. The molecule has 0 saturated carbocycles. The van der Waals surface area contributed by atoms with Crippen LogP contribution in [0.4, 0.5) is 26.7 Å². The topological polar surface area (TPSA) is 79.4 Å². The highest BCUT2D eigenvalue weighted by molar-refractivity contribution is 7.89. The number of benzene rings is 2. The molecule has 46 heavy (non-hydrogen) atoms. The van der Waals surface area contributed by atoms with Gasteiger partial charge in [-0.15, -0.1) is 0 Å². The van der Waals surface area contributed by atoms with Gasteiger partial charge in [0, 0.05) is 45.3 Å². The molecule has 0 bridgehead atoms. The molecular weight excluding hydrogens is 633 g/mol. The van der Waals surface area contributed by atoms with E-state index < -0.39 is 68.2 Å². The lowest BCUT2D eigenvalue weighted by molar-refractivity contribution is -0.137. The number of piperidine rings is 2. The van der Waals surface area contributed by atoms with Crippen molar-refractivity contribution >= 4 is 16.1 Å². The van der Waals surface area contributed by atoms with E-state index in [9.17, 15) is 26.4 Å². The smallest absolute Gasteiger partial charge is 0.416 e. The lowest BCUT2D eigenvalue weighted by atomic mass is 9.97. The minimum atomic E-state index is -4.41. The number of amides is 1. The van der Waals surface area contributed by atoms with Gasteiger partial charge in [-0.3, -0.25) is 4.90 Å². The van der Waals surface area contributed by atoms with Crippen molar-refractivity contribution in [3.63, 3.8) is 0 Å². The van der Waals surface area contributed by atoms with Gasteiger partial charge in [-0.05, 0) is 81.8 Å². The highest BCUT2D eigenvalue weighted by Gasteiger charge is 2.41. The lowest BCUT2D eigenvalue weighted by Crippen LogP contribution is -2.53. The normalized spacial score (nSPS) is 21.2. The number of likely N-dealkylation sites (tertiary alicyclic amines) is 2. The molecule has 3 heterocycles. The molecular formula is C32H40F5N3O5S. The van der Waals surface area contributed by atoms with Gasteiger partial charge in [0.1, 0.15) is 11.7 Å². The molecule has 3 fully saturated rings. The molecule has 8 nitrogen and oxygen atoms in total. The van der Waals surface area contributed by atoms with E-state index in [4.69, 9.17) is 9.47 Å². The van der Waals surface area contributed by atoms with Crippen molar-refractivity contribution in [3.8, 4) is 5.75 Å². The maximum Gasteiger partial charge on any atom is 0.416 e. The summed E-state index contributed by atoms with van der Waals surface area (Å²) in [6.45, 7) is 7.03. The molecule has 0 aromatic heterocycles. The molecule has 5 rings (SSSR count). The number of nitrogens with zero attached hydrogens (tertiary/aromatic N) is 3. The zero-order chi connectivity index (χ0) is 33.4. The second kappa shape index (κ2) is 13.3. The van der Waals surface area contributed by atoms with Crippen LogP contribution in [0.5, 0.6) is 5.75 Å². The molecule has 3 saturated heterocycles. The predicted molar refractivity (Wildman–Crippen MR) is 161 cm³/mol. The van der Waals surface area contributed by atoms with Crippen molar-refractivity contribution in [2.45, 2.75) is 88.6 Å². The van der Waals surface area contributed by atoms with E-state index in [1.54, 1.807) is 20.8 Å². The number of carbonyl (C=O) groups is 1. The van der Waals surface area contributed by atoms with Crippen molar-refractivity contribution in [2.24, 2.45) is 0 Å². The zero-order valence-electron chi connectivity index (χ0n) is 26.2. The average Bonchev–Trinajstić information content (AvgIpc) is 2.96. The number of rotatable bonds is 7. The molecule has 3 aliphatic rings. The lowest BCUT2D eigenvalue weighted by Gasteiger charge is -2.40. The molecule has 254 valence electrons. The van der Waals surface area contributed by atoms with Crippen molar-refractivity contribution in [1.29, 1.82) is 0 Å². The summed E-state index contributed by atoms with van der Waals surface area (Å²) in [4.78, 5) is 15.8. The van der Waals surface area contributed by atoms with Crippen LogP contribution in [0.3, 0.4) is 0 Å². The standard InChI is InChI=1S/C32H40F5N3O5S/c1-31(2,3)45-30(41)39-14-11-25(12-15-39)46(42,43)40-13-5-4-6-28(40)22-16-26(33)29(27(34)17-22)44-24-19-38(20-24)18-21-7-9-23(10-8-21)32(35,36)37/h7-10,16-17,24-25,28H,4-6,11-15,18-20H2,1-3H3. The second-order valence-corrected chi connectivity index (χ2v) is 15.4. The SMILES string of the molecule is CC(C)(C)OC(=O)N1CCC(S(=O)(=O)N2CCCCC2c2cc(F)c(OC3CN(Cc4ccc(C(F)(F)F)cc4)C3)c(F)c2)CC1. The second-order valence-electron chi connectivity index (χ2n) is 13.3. The van der Waals surface area contributed by atoms with E-state index >= 15 is 8.78 Å². The first-order valence-corrected chi connectivity index (χ1v) is 17.0. The maximum atomic E-state index is 15.3. The predicted octanol–water partition coefficient (Wildman–Crippen LogP) is 6.50. The fourth-order valence-electron chi connectivity index (χ4n) is 6.23. The van der Waals surface area contributed by atoms with Gasteiger partial charge >= 0.3 is 12.3 Å². The molecule has 2 aromatic rings. The third-order valence-corrected chi connectivity index (χ3v) is 11.0. The van der Waals surface area contributed by atoms with Crippen molar-refractivity contribution in [1.82, 2.24) is 14.1 Å².